The van der Waals surface area contributed by atoms with Crippen LogP contribution in [0.3, 0.4) is 0 Å². The minimum Gasteiger partial charge on any atom is -0.326 e. The number of alkyl halides is 3. The van der Waals surface area contributed by atoms with Gasteiger partial charge in [0.05, 0.1) is 12.0 Å². The lowest BCUT2D eigenvalue weighted by atomic mass is 10.2. The van der Waals surface area contributed by atoms with Crippen LogP contribution in [0.25, 0.3) is 0 Å². The minimum atomic E-state index is -4.47. The molecule has 0 radical (unpaired) electrons. The van der Waals surface area contributed by atoms with Crippen LogP contribution in [-0.2, 0) is 15.8 Å². The van der Waals surface area contributed by atoms with Gasteiger partial charge in [-0.15, -0.1) is 0 Å². The van der Waals surface area contributed by atoms with Crippen molar-refractivity contribution in [3.05, 3.63) is 29.8 Å². The number of amides is 2. The van der Waals surface area contributed by atoms with Gasteiger partial charge in [-0.3, -0.25) is 9.59 Å². The standard InChI is InChI=1S/C12H12F3N3O2/c1-8(18-16-7-19)5-11(20)17-10-4-2-3-9(6-10)12(13,14)15/h2-4,6-7H,5H2,1H3,(H,16,19)(H,17,20). The molecule has 20 heavy (non-hydrogen) atoms. The van der Waals surface area contributed by atoms with E-state index in [2.05, 4.69) is 10.4 Å². The predicted octanol–water partition coefficient (Wildman–Crippen LogP) is 2.16. The maximum atomic E-state index is 12.5. The van der Waals surface area contributed by atoms with Crippen molar-refractivity contribution in [2.45, 2.75) is 19.5 Å². The average Bonchev–Trinajstić information content (AvgIpc) is 2.35. The zero-order valence-electron chi connectivity index (χ0n) is 10.5. The third-order valence-electron chi connectivity index (χ3n) is 2.20. The summed E-state index contributed by atoms with van der Waals surface area (Å²) in [5, 5.41) is 5.86. The molecule has 0 bridgehead atoms. The Morgan fingerprint density at radius 3 is 2.70 bits per heavy atom. The van der Waals surface area contributed by atoms with Gasteiger partial charge in [0.15, 0.2) is 0 Å². The Bertz CT molecular complexity index is 527. The maximum absolute atomic E-state index is 12.5. The Balaban J connectivity index is 2.69. The molecule has 0 heterocycles. The highest BCUT2D eigenvalue weighted by atomic mass is 19.4. The van der Waals surface area contributed by atoms with Gasteiger partial charge < -0.3 is 5.32 Å². The molecule has 0 aliphatic rings. The van der Waals surface area contributed by atoms with E-state index in [4.69, 9.17) is 0 Å². The van der Waals surface area contributed by atoms with Crippen molar-refractivity contribution < 1.29 is 22.8 Å². The number of hydrazone groups is 1. The molecule has 0 unspecified atom stereocenters. The number of anilines is 1. The normalized spacial score (nSPS) is 11.9. The second kappa shape index (κ2) is 6.69. The van der Waals surface area contributed by atoms with E-state index in [0.717, 1.165) is 12.1 Å². The number of nitrogens with zero attached hydrogens (tertiary/aromatic N) is 1. The molecule has 0 fully saturated rings. The van der Waals surface area contributed by atoms with E-state index in [1.807, 2.05) is 5.43 Å². The zero-order chi connectivity index (χ0) is 15.2. The van der Waals surface area contributed by atoms with Crippen LogP contribution in [0.5, 0.6) is 0 Å². The molecule has 0 saturated carbocycles. The topological polar surface area (TPSA) is 70.6 Å². The molecular weight excluding hydrogens is 275 g/mol. The van der Waals surface area contributed by atoms with Gasteiger partial charge in [0.1, 0.15) is 0 Å². The number of hydrogen-bond acceptors (Lipinski definition) is 3. The van der Waals surface area contributed by atoms with Crippen LogP contribution in [0.4, 0.5) is 18.9 Å². The molecular formula is C12H12F3N3O2. The Kier molecular flexibility index (Phi) is 5.24. The van der Waals surface area contributed by atoms with Gasteiger partial charge in [-0.25, -0.2) is 5.43 Å². The summed E-state index contributed by atoms with van der Waals surface area (Å²) in [6, 6.07) is 4.31. The molecule has 8 heteroatoms. The van der Waals surface area contributed by atoms with E-state index < -0.39 is 17.6 Å². The molecule has 1 aromatic rings. The van der Waals surface area contributed by atoms with Crippen molar-refractivity contribution in [1.82, 2.24) is 5.43 Å². The first-order valence-corrected chi connectivity index (χ1v) is 5.52. The van der Waals surface area contributed by atoms with Crippen molar-refractivity contribution in [3.8, 4) is 0 Å². The minimum absolute atomic E-state index is 0.0426. The molecule has 0 spiro atoms. The summed E-state index contributed by atoms with van der Waals surface area (Å²) in [6.45, 7) is 1.50. The highest BCUT2D eigenvalue weighted by Gasteiger charge is 2.30. The predicted molar refractivity (Wildman–Crippen MR) is 67.0 cm³/mol. The van der Waals surface area contributed by atoms with Gasteiger partial charge in [-0.1, -0.05) is 6.07 Å². The van der Waals surface area contributed by atoms with Gasteiger partial charge in [0.25, 0.3) is 0 Å². The third kappa shape index (κ3) is 5.09. The third-order valence-corrected chi connectivity index (χ3v) is 2.20. The summed E-state index contributed by atoms with van der Waals surface area (Å²) in [4.78, 5) is 21.6. The number of benzene rings is 1. The molecule has 0 atom stereocenters. The molecule has 5 nitrogen and oxygen atoms in total. The second-order valence-corrected chi connectivity index (χ2v) is 3.90. The number of halogens is 3. The number of rotatable bonds is 5. The summed E-state index contributed by atoms with van der Waals surface area (Å²) < 4.78 is 37.4. The van der Waals surface area contributed by atoms with Crippen molar-refractivity contribution in [2.24, 2.45) is 5.10 Å². The first-order valence-electron chi connectivity index (χ1n) is 5.52. The molecule has 108 valence electrons. The summed E-state index contributed by atoms with van der Waals surface area (Å²) in [6.07, 6.45) is -4.27. The lowest BCUT2D eigenvalue weighted by molar-refractivity contribution is -0.137. The molecule has 2 amide bonds. The van der Waals surface area contributed by atoms with Crippen molar-refractivity contribution in [3.63, 3.8) is 0 Å². The number of hydrogen-bond donors (Lipinski definition) is 2. The Morgan fingerprint density at radius 2 is 2.10 bits per heavy atom. The van der Waals surface area contributed by atoms with Gasteiger partial charge in [-0.05, 0) is 25.1 Å². The molecule has 1 aromatic carbocycles. The van der Waals surface area contributed by atoms with Crippen molar-refractivity contribution in [1.29, 1.82) is 0 Å². The highest BCUT2D eigenvalue weighted by molar-refractivity contribution is 6.05. The first kappa shape index (κ1) is 15.7. The molecule has 0 saturated heterocycles. The Hall–Kier alpha value is -2.38. The van der Waals surface area contributed by atoms with Crippen LogP contribution < -0.4 is 10.7 Å². The first-order chi connectivity index (χ1) is 9.32. The summed E-state index contributed by atoms with van der Waals surface area (Å²) >= 11 is 0. The summed E-state index contributed by atoms with van der Waals surface area (Å²) in [5.74, 6) is -0.529. The van der Waals surface area contributed by atoms with Crippen LogP contribution in [0.2, 0.25) is 0 Å². The monoisotopic (exact) mass is 287 g/mol. The lowest BCUT2D eigenvalue weighted by Gasteiger charge is -2.09. The lowest BCUT2D eigenvalue weighted by Crippen LogP contribution is -2.17. The van der Waals surface area contributed by atoms with E-state index in [-0.39, 0.29) is 12.1 Å². The second-order valence-electron chi connectivity index (χ2n) is 3.90. The maximum Gasteiger partial charge on any atom is 0.416 e. The van der Waals surface area contributed by atoms with E-state index in [9.17, 15) is 22.8 Å². The van der Waals surface area contributed by atoms with Crippen LogP contribution in [0, 0.1) is 0 Å². The van der Waals surface area contributed by atoms with Gasteiger partial charge in [-0.2, -0.15) is 18.3 Å². The van der Waals surface area contributed by atoms with E-state index >= 15 is 0 Å². The van der Waals surface area contributed by atoms with Crippen molar-refractivity contribution >= 4 is 23.7 Å². The van der Waals surface area contributed by atoms with Gasteiger partial charge in [0, 0.05) is 11.4 Å². The number of carbonyl (C=O) groups is 2. The van der Waals surface area contributed by atoms with Crippen LogP contribution >= 0.6 is 0 Å². The zero-order valence-corrected chi connectivity index (χ0v) is 10.5. The van der Waals surface area contributed by atoms with E-state index in [1.54, 1.807) is 0 Å². The van der Waals surface area contributed by atoms with E-state index in [0.29, 0.717) is 12.1 Å². The van der Waals surface area contributed by atoms with E-state index in [1.165, 1.54) is 19.1 Å². The van der Waals surface area contributed by atoms with Gasteiger partial charge >= 0.3 is 6.18 Å². The fourth-order valence-corrected chi connectivity index (χ4v) is 1.39. The average molecular weight is 287 g/mol. The van der Waals surface area contributed by atoms with Crippen LogP contribution in [-0.4, -0.2) is 18.0 Å². The number of carbonyl (C=O) groups excluding carboxylic acids is 2. The highest BCUT2D eigenvalue weighted by Crippen LogP contribution is 2.30. The van der Waals surface area contributed by atoms with Gasteiger partial charge in [0.2, 0.25) is 12.3 Å². The molecule has 0 aromatic heterocycles. The fraction of sp³-hybridized carbons (Fsp3) is 0.250. The molecule has 0 aliphatic carbocycles. The Labute approximate surface area is 112 Å². The molecule has 0 aliphatic heterocycles. The smallest absolute Gasteiger partial charge is 0.326 e. The van der Waals surface area contributed by atoms with Crippen molar-refractivity contribution in [2.75, 3.05) is 5.32 Å². The van der Waals surface area contributed by atoms with Crippen LogP contribution in [0.1, 0.15) is 18.9 Å². The fourth-order valence-electron chi connectivity index (χ4n) is 1.39. The molecule has 2 N–H and O–H groups in total. The Morgan fingerprint density at radius 1 is 1.40 bits per heavy atom. The quantitative estimate of drug-likeness (QED) is 0.495. The molecule has 1 rings (SSSR count). The SMILES string of the molecule is CC(CC(=O)Nc1cccc(C(F)(F)F)c1)=NNC=O. The summed E-state index contributed by atoms with van der Waals surface area (Å²) in [7, 11) is 0. The van der Waals surface area contributed by atoms with Crippen LogP contribution in [0.15, 0.2) is 29.4 Å². The number of nitrogens with one attached hydrogen (secondary N) is 2. The largest absolute Gasteiger partial charge is 0.416 e. The summed E-state index contributed by atoms with van der Waals surface area (Å²) in [5.41, 5.74) is 1.54.